The van der Waals surface area contributed by atoms with Crippen LogP contribution in [0.15, 0.2) is 18.2 Å². The first-order valence-corrected chi connectivity index (χ1v) is 11.7. The van der Waals surface area contributed by atoms with Gasteiger partial charge in [-0.05, 0) is 44.1 Å². The molecule has 0 atom stereocenters. The van der Waals surface area contributed by atoms with E-state index in [4.69, 9.17) is 0 Å². The molecule has 0 unspecified atom stereocenters. The van der Waals surface area contributed by atoms with Crippen molar-refractivity contribution in [3.63, 3.8) is 0 Å². The van der Waals surface area contributed by atoms with Gasteiger partial charge in [-0.2, -0.15) is 5.26 Å². The van der Waals surface area contributed by atoms with Gasteiger partial charge < -0.3 is 0 Å². The number of nitriles is 1. The Balaban J connectivity index is 1.90. The van der Waals surface area contributed by atoms with E-state index in [1.165, 1.54) is 77.0 Å². The Hall–Kier alpha value is -1.93. The number of benzene rings is 1. The summed E-state index contributed by atoms with van der Waals surface area (Å²) >= 11 is 0. The highest BCUT2D eigenvalue weighted by atomic mass is 15.5. The molecule has 0 N–H and O–H groups in total. The van der Waals surface area contributed by atoms with Gasteiger partial charge in [-0.1, -0.05) is 83.3 Å². The Kier molecular flexibility index (Phi) is 11.4. The van der Waals surface area contributed by atoms with E-state index < -0.39 is 0 Å². The number of nitrogens with zero attached hydrogens (tertiary/aromatic N) is 5. The van der Waals surface area contributed by atoms with Gasteiger partial charge in [0, 0.05) is 0 Å². The molecule has 0 spiro atoms. The predicted octanol–water partition coefficient (Wildman–Crippen LogP) is 6.28. The van der Waals surface area contributed by atoms with Crippen molar-refractivity contribution in [1.29, 1.82) is 5.26 Å². The Labute approximate surface area is 177 Å². The lowest BCUT2D eigenvalue weighted by Gasteiger charge is -2.22. The standard InChI is InChI=1S/C24H39N5/c1-3-5-7-9-11-13-17-28(18-14-12-10-8-6-4-2)21-29-24-19-22(20-25)15-16-23(24)26-27-29/h15-16,19H,3-14,17-18,21H2,1-2H3. The van der Waals surface area contributed by atoms with Crippen LogP contribution in [0.4, 0.5) is 0 Å². The molecule has 160 valence electrons. The minimum atomic E-state index is 0.666. The lowest BCUT2D eigenvalue weighted by atomic mass is 10.1. The van der Waals surface area contributed by atoms with Crippen LogP contribution in [0, 0.1) is 11.3 Å². The molecule has 1 heterocycles. The fraction of sp³-hybridized carbons (Fsp3) is 0.708. The van der Waals surface area contributed by atoms with Crippen LogP contribution >= 0.6 is 0 Å². The summed E-state index contributed by atoms with van der Waals surface area (Å²) < 4.78 is 1.96. The molecule has 0 aliphatic carbocycles. The number of hydrogen-bond acceptors (Lipinski definition) is 4. The van der Waals surface area contributed by atoms with Gasteiger partial charge in [0.05, 0.1) is 23.8 Å². The van der Waals surface area contributed by atoms with Crippen molar-refractivity contribution in [3.8, 4) is 6.07 Å². The number of hydrogen-bond donors (Lipinski definition) is 0. The summed E-state index contributed by atoms with van der Waals surface area (Å²) in [7, 11) is 0. The molecule has 0 bridgehead atoms. The molecule has 5 heteroatoms. The fourth-order valence-corrected chi connectivity index (χ4v) is 3.81. The number of fused-ring (bicyclic) bond motifs is 1. The van der Waals surface area contributed by atoms with Crippen molar-refractivity contribution >= 4 is 11.0 Å². The fourth-order valence-electron chi connectivity index (χ4n) is 3.81. The molecule has 0 aliphatic heterocycles. The smallest absolute Gasteiger partial charge is 0.113 e. The summed E-state index contributed by atoms with van der Waals surface area (Å²) in [4.78, 5) is 2.52. The molecule has 1 aromatic carbocycles. The highest BCUT2D eigenvalue weighted by molar-refractivity contribution is 5.75. The van der Waals surface area contributed by atoms with Crippen LogP contribution in [0.1, 0.15) is 96.5 Å². The van der Waals surface area contributed by atoms with Gasteiger partial charge in [0.1, 0.15) is 5.52 Å². The summed E-state index contributed by atoms with van der Waals surface area (Å²) in [5.41, 5.74) is 2.49. The molecule has 2 aromatic rings. The van der Waals surface area contributed by atoms with Crippen LogP contribution in [-0.2, 0) is 6.67 Å². The van der Waals surface area contributed by atoms with Crippen LogP contribution < -0.4 is 0 Å². The van der Waals surface area contributed by atoms with Crippen molar-refractivity contribution in [2.75, 3.05) is 13.1 Å². The topological polar surface area (TPSA) is 57.7 Å². The third-order valence-corrected chi connectivity index (χ3v) is 5.63. The second kappa shape index (κ2) is 14.1. The molecular formula is C24H39N5. The van der Waals surface area contributed by atoms with E-state index in [9.17, 15) is 5.26 Å². The maximum absolute atomic E-state index is 9.21. The van der Waals surface area contributed by atoms with Crippen LogP contribution in [0.2, 0.25) is 0 Å². The highest BCUT2D eigenvalue weighted by Crippen LogP contribution is 2.15. The summed E-state index contributed by atoms with van der Waals surface area (Å²) in [6.07, 6.45) is 15.8. The Morgan fingerprint density at radius 2 is 1.45 bits per heavy atom. The third-order valence-electron chi connectivity index (χ3n) is 5.63. The molecule has 0 saturated carbocycles. The first-order valence-electron chi connectivity index (χ1n) is 11.7. The van der Waals surface area contributed by atoms with E-state index in [0.29, 0.717) is 5.56 Å². The van der Waals surface area contributed by atoms with Gasteiger partial charge >= 0.3 is 0 Å². The zero-order chi connectivity index (χ0) is 20.7. The molecule has 0 radical (unpaired) electrons. The molecule has 1 aromatic heterocycles. The maximum Gasteiger partial charge on any atom is 0.113 e. The zero-order valence-electron chi connectivity index (χ0n) is 18.6. The molecule has 0 amide bonds. The van der Waals surface area contributed by atoms with E-state index in [1.54, 1.807) is 0 Å². The van der Waals surface area contributed by atoms with Gasteiger partial charge in [0.15, 0.2) is 0 Å². The van der Waals surface area contributed by atoms with E-state index in [2.05, 4.69) is 35.1 Å². The SMILES string of the molecule is CCCCCCCCN(CCCCCCCC)Cn1nnc2ccc(C#N)cc21. The first kappa shape index (κ1) is 23.3. The van der Waals surface area contributed by atoms with Crippen molar-refractivity contribution in [2.24, 2.45) is 0 Å². The number of unbranched alkanes of at least 4 members (excludes halogenated alkanes) is 10. The average Bonchev–Trinajstić information content (AvgIpc) is 3.14. The highest BCUT2D eigenvalue weighted by Gasteiger charge is 2.11. The van der Waals surface area contributed by atoms with Crippen molar-refractivity contribution in [2.45, 2.75) is 97.6 Å². The molecule has 0 fully saturated rings. The second-order valence-electron chi connectivity index (χ2n) is 8.20. The van der Waals surface area contributed by atoms with Crippen LogP contribution in [0.25, 0.3) is 11.0 Å². The number of rotatable bonds is 16. The second-order valence-corrected chi connectivity index (χ2v) is 8.20. The van der Waals surface area contributed by atoms with Gasteiger partial charge in [-0.3, -0.25) is 4.90 Å². The van der Waals surface area contributed by atoms with Crippen LogP contribution in [0.5, 0.6) is 0 Å². The average molecular weight is 398 g/mol. The monoisotopic (exact) mass is 397 g/mol. The Bertz CT molecular complexity index is 714. The normalized spacial score (nSPS) is 11.4. The van der Waals surface area contributed by atoms with E-state index in [0.717, 1.165) is 30.8 Å². The van der Waals surface area contributed by atoms with Crippen molar-refractivity contribution in [1.82, 2.24) is 19.9 Å². The summed E-state index contributed by atoms with van der Waals surface area (Å²) in [5, 5.41) is 17.9. The van der Waals surface area contributed by atoms with Crippen molar-refractivity contribution in [3.05, 3.63) is 23.8 Å². The van der Waals surface area contributed by atoms with Gasteiger partial charge in [-0.15, -0.1) is 5.10 Å². The lowest BCUT2D eigenvalue weighted by molar-refractivity contribution is 0.199. The first-order chi connectivity index (χ1) is 14.3. The Morgan fingerprint density at radius 3 is 2.03 bits per heavy atom. The largest absolute Gasteiger partial charge is 0.284 e. The Morgan fingerprint density at radius 1 is 0.862 bits per heavy atom. The summed E-state index contributed by atoms with van der Waals surface area (Å²) in [6, 6.07) is 7.83. The zero-order valence-corrected chi connectivity index (χ0v) is 18.6. The van der Waals surface area contributed by atoms with Gasteiger partial charge in [0.2, 0.25) is 0 Å². The molecule has 5 nitrogen and oxygen atoms in total. The quantitative estimate of drug-likeness (QED) is 0.313. The van der Waals surface area contributed by atoms with Crippen LogP contribution in [0.3, 0.4) is 0 Å². The van der Waals surface area contributed by atoms with E-state index in [-0.39, 0.29) is 0 Å². The summed E-state index contributed by atoms with van der Waals surface area (Å²) in [5.74, 6) is 0. The lowest BCUT2D eigenvalue weighted by Crippen LogP contribution is -2.29. The van der Waals surface area contributed by atoms with Crippen LogP contribution in [-0.4, -0.2) is 33.0 Å². The minimum Gasteiger partial charge on any atom is -0.284 e. The molecule has 0 saturated heterocycles. The summed E-state index contributed by atoms with van der Waals surface area (Å²) in [6.45, 7) is 7.51. The van der Waals surface area contributed by atoms with Gasteiger partial charge in [-0.25, -0.2) is 4.68 Å². The van der Waals surface area contributed by atoms with Gasteiger partial charge in [0.25, 0.3) is 0 Å². The van der Waals surface area contributed by atoms with Crippen molar-refractivity contribution < 1.29 is 0 Å². The molecular weight excluding hydrogens is 358 g/mol. The maximum atomic E-state index is 9.21. The number of aromatic nitrogens is 3. The minimum absolute atomic E-state index is 0.666. The molecule has 0 aliphatic rings. The molecule has 2 rings (SSSR count). The predicted molar refractivity (Wildman–Crippen MR) is 121 cm³/mol. The third kappa shape index (κ3) is 8.53. The van der Waals surface area contributed by atoms with E-state index in [1.807, 2.05) is 22.9 Å². The molecule has 29 heavy (non-hydrogen) atoms. The van der Waals surface area contributed by atoms with E-state index >= 15 is 0 Å².